The first kappa shape index (κ1) is 16.8. The van der Waals surface area contributed by atoms with Crippen LogP contribution in [0.4, 0.5) is 15.8 Å². The number of hydrogen-bond acceptors (Lipinski definition) is 3. The highest BCUT2D eigenvalue weighted by atomic mass is 19.1. The van der Waals surface area contributed by atoms with Gasteiger partial charge >= 0.3 is 0 Å². The summed E-state index contributed by atoms with van der Waals surface area (Å²) in [7, 11) is 0. The molecule has 2 N–H and O–H groups in total. The van der Waals surface area contributed by atoms with Gasteiger partial charge in [-0.25, -0.2) is 4.39 Å². The molecule has 0 radical (unpaired) electrons. The number of benzene rings is 2. The van der Waals surface area contributed by atoms with Gasteiger partial charge in [0.05, 0.1) is 17.5 Å². The van der Waals surface area contributed by atoms with Crippen molar-refractivity contribution in [1.29, 1.82) is 0 Å². The van der Waals surface area contributed by atoms with Gasteiger partial charge in [0.2, 0.25) is 0 Å². The van der Waals surface area contributed by atoms with E-state index in [1.165, 1.54) is 11.8 Å². The smallest absolute Gasteiger partial charge is 0.123 e. The number of nitrogens with zero attached hydrogens (tertiary/aromatic N) is 1. The molecule has 0 aromatic heterocycles. The zero-order valence-corrected chi connectivity index (χ0v) is 13.9. The molecule has 0 bridgehead atoms. The van der Waals surface area contributed by atoms with Gasteiger partial charge in [0.15, 0.2) is 0 Å². The first-order valence-electron chi connectivity index (χ1n) is 8.73. The van der Waals surface area contributed by atoms with E-state index in [-0.39, 0.29) is 11.9 Å². The zero-order chi connectivity index (χ0) is 16.8. The maximum atomic E-state index is 13.2. The number of para-hydroxylation sites is 2. The summed E-state index contributed by atoms with van der Waals surface area (Å²) in [5.74, 6) is -0.168. The van der Waals surface area contributed by atoms with E-state index < -0.39 is 0 Å². The topological polar surface area (TPSA) is 35.5 Å². The number of aliphatic hydroxyl groups excluding tert-OH is 1. The lowest BCUT2D eigenvalue weighted by atomic mass is 10.1. The molecule has 2 aromatic rings. The second-order valence-electron chi connectivity index (χ2n) is 6.40. The van der Waals surface area contributed by atoms with Crippen molar-refractivity contribution in [3.8, 4) is 0 Å². The van der Waals surface area contributed by atoms with E-state index in [9.17, 15) is 9.50 Å². The first-order chi connectivity index (χ1) is 11.7. The minimum Gasteiger partial charge on any atom is -0.393 e. The predicted molar refractivity (Wildman–Crippen MR) is 97.1 cm³/mol. The summed E-state index contributed by atoms with van der Waals surface area (Å²) in [5.41, 5.74) is 3.37. The maximum Gasteiger partial charge on any atom is 0.123 e. The molecule has 3 rings (SSSR count). The van der Waals surface area contributed by atoms with Crippen LogP contribution in [0.25, 0.3) is 0 Å². The second-order valence-corrected chi connectivity index (χ2v) is 6.40. The van der Waals surface area contributed by atoms with Crippen LogP contribution in [-0.4, -0.2) is 30.8 Å². The molecule has 1 aliphatic heterocycles. The SMILES string of the molecule is OC1CCN(c2ccccc2NCCCc2cccc(F)c2)CC1. The highest BCUT2D eigenvalue weighted by Gasteiger charge is 2.18. The molecule has 1 aliphatic rings. The van der Waals surface area contributed by atoms with Crippen LogP contribution in [0.5, 0.6) is 0 Å². The molecule has 0 spiro atoms. The van der Waals surface area contributed by atoms with Gasteiger partial charge < -0.3 is 15.3 Å². The van der Waals surface area contributed by atoms with Crippen LogP contribution in [0.2, 0.25) is 0 Å². The average molecular weight is 328 g/mol. The molecule has 1 saturated heterocycles. The van der Waals surface area contributed by atoms with Gasteiger partial charge in [-0.3, -0.25) is 0 Å². The van der Waals surface area contributed by atoms with Gasteiger partial charge in [0, 0.05) is 19.6 Å². The molecule has 1 heterocycles. The number of anilines is 2. The van der Waals surface area contributed by atoms with Crippen molar-refractivity contribution in [3.05, 3.63) is 59.9 Å². The zero-order valence-electron chi connectivity index (χ0n) is 13.9. The Morgan fingerprint density at radius 3 is 2.67 bits per heavy atom. The van der Waals surface area contributed by atoms with Crippen molar-refractivity contribution in [2.45, 2.75) is 31.8 Å². The number of aryl methyl sites for hydroxylation is 1. The molecule has 1 fully saturated rings. The minimum atomic E-state index is -0.168. The van der Waals surface area contributed by atoms with E-state index in [4.69, 9.17) is 0 Å². The van der Waals surface area contributed by atoms with Crippen molar-refractivity contribution in [1.82, 2.24) is 0 Å². The molecule has 0 atom stereocenters. The fourth-order valence-electron chi connectivity index (χ4n) is 3.21. The summed E-state index contributed by atoms with van der Waals surface area (Å²) in [6, 6.07) is 15.1. The van der Waals surface area contributed by atoms with Crippen LogP contribution in [0, 0.1) is 5.82 Å². The van der Waals surface area contributed by atoms with Crippen molar-refractivity contribution < 1.29 is 9.50 Å². The van der Waals surface area contributed by atoms with Gasteiger partial charge in [0.1, 0.15) is 5.82 Å². The number of rotatable bonds is 6. The van der Waals surface area contributed by atoms with E-state index >= 15 is 0 Å². The lowest BCUT2D eigenvalue weighted by molar-refractivity contribution is 0.145. The second kappa shape index (κ2) is 8.15. The molecular weight excluding hydrogens is 303 g/mol. The quantitative estimate of drug-likeness (QED) is 0.791. The number of piperidine rings is 1. The molecule has 3 nitrogen and oxygen atoms in total. The van der Waals surface area contributed by atoms with Crippen molar-refractivity contribution in [2.75, 3.05) is 29.9 Å². The van der Waals surface area contributed by atoms with Crippen molar-refractivity contribution in [3.63, 3.8) is 0 Å². The number of hydrogen-bond donors (Lipinski definition) is 2. The lowest BCUT2D eigenvalue weighted by Crippen LogP contribution is -2.36. The summed E-state index contributed by atoms with van der Waals surface area (Å²) in [6.07, 6.45) is 3.31. The summed E-state index contributed by atoms with van der Waals surface area (Å²) in [4.78, 5) is 2.33. The normalized spacial score (nSPS) is 15.5. The summed E-state index contributed by atoms with van der Waals surface area (Å²) in [5, 5.41) is 13.2. The Morgan fingerprint density at radius 2 is 1.88 bits per heavy atom. The third-order valence-corrected chi connectivity index (χ3v) is 4.56. The Balaban J connectivity index is 1.53. The highest BCUT2D eigenvalue weighted by molar-refractivity contribution is 5.70. The third-order valence-electron chi connectivity index (χ3n) is 4.56. The average Bonchev–Trinajstić information content (AvgIpc) is 2.60. The fourth-order valence-corrected chi connectivity index (χ4v) is 3.21. The minimum absolute atomic E-state index is 0.160. The monoisotopic (exact) mass is 328 g/mol. The molecular formula is C20H25FN2O. The van der Waals surface area contributed by atoms with Crippen molar-refractivity contribution in [2.24, 2.45) is 0 Å². The molecule has 128 valence electrons. The standard InChI is InChI=1S/C20H25FN2O/c21-17-7-3-5-16(15-17)6-4-12-22-19-8-1-2-9-20(19)23-13-10-18(24)11-14-23/h1-3,5,7-9,15,18,22,24H,4,6,10-14H2. The summed E-state index contributed by atoms with van der Waals surface area (Å²) >= 11 is 0. The van der Waals surface area contributed by atoms with E-state index in [1.807, 2.05) is 12.1 Å². The number of aliphatic hydroxyl groups is 1. The molecule has 24 heavy (non-hydrogen) atoms. The van der Waals surface area contributed by atoms with Gasteiger partial charge in [-0.1, -0.05) is 24.3 Å². The van der Waals surface area contributed by atoms with Gasteiger partial charge in [0.25, 0.3) is 0 Å². The first-order valence-corrected chi connectivity index (χ1v) is 8.73. The van der Waals surface area contributed by atoms with Crippen LogP contribution < -0.4 is 10.2 Å². The van der Waals surface area contributed by atoms with Crippen LogP contribution >= 0.6 is 0 Å². The Bertz CT molecular complexity index is 654. The fraction of sp³-hybridized carbons (Fsp3) is 0.400. The van der Waals surface area contributed by atoms with Crippen LogP contribution in [0.3, 0.4) is 0 Å². The highest BCUT2D eigenvalue weighted by Crippen LogP contribution is 2.28. The maximum absolute atomic E-state index is 13.2. The lowest BCUT2D eigenvalue weighted by Gasteiger charge is -2.33. The summed E-state index contributed by atoms with van der Waals surface area (Å²) < 4.78 is 13.2. The van der Waals surface area contributed by atoms with E-state index in [1.54, 1.807) is 12.1 Å². The third kappa shape index (κ3) is 4.48. The Hall–Kier alpha value is -2.07. The predicted octanol–water partition coefficient (Wildman–Crippen LogP) is 3.83. The molecule has 4 heteroatoms. The van der Waals surface area contributed by atoms with Gasteiger partial charge in [-0.15, -0.1) is 0 Å². The summed E-state index contributed by atoms with van der Waals surface area (Å²) in [6.45, 7) is 2.64. The Morgan fingerprint density at radius 1 is 1.08 bits per heavy atom. The van der Waals surface area contributed by atoms with E-state index in [0.717, 1.165) is 56.6 Å². The molecule has 0 unspecified atom stereocenters. The molecule has 0 aliphatic carbocycles. The number of halogens is 1. The number of nitrogens with one attached hydrogen (secondary N) is 1. The van der Waals surface area contributed by atoms with Crippen LogP contribution in [0.15, 0.2) is 48.5 Å². The molecule has 0 saturated carbocycles. The molecule has 2 aromatic carbocycles. The van der Waals surface area contributed by atoms with Gasteiger partial charge in [-0.05, 0) is 55.5 Å². The van der Waals surface area contributed by atoms with Gasteiger partial charge in [-0.2, -0.15) is 0 Å². The Kier molecular flexibility index (Phi) is 5.70. The van der Waals surface area contributed by atoms with Crippen LogP contribution in [-0.2, 0) is 6.42 Å². The largest absolute Gasteiger partial charge is 0.393 e. The van der Waals surface area contributed by atoms with E-state index in [2.05, 4.69) is 28.4 Å². The van der Waals surface area contributed by atoms with Crippen molar-refractivity contribution >= 4 is 11.4 Å². The van der Waals surface area contributed by atoms with Crippen LogP contribution in [0.1, 0.15) is 24.8 Å². The van der Waals surface area contributed by atoms with E-state index in [0.29, 0.717) is 0 Å². The Labute approximate surface area is 143 Å². The molecule has 0 amide bonds.